The molecule has 2 aromatic carbocycles. The molecular formula is C22H25FN4O2. The smallest absolute Gasteiger partial charge is 0.292 e. The van der Waals surface area contributed by atoms with Gasteiger partial charge in [0, 0.05) is 12.0 Å². The molecule has 1 atom stereocenters. The van der Waals surface area contributed by atoms with Gasteiger partial charge in [0.1, 0.15) is 17.1 Å². The molecule has 0 saturated heterocycles. The molecule has 0 bridgehead atoms. The fourth-order valence-electron chi connectivity index (χ4n) is 4.41. The maximum Gasteiger partial charge on any atom is 0.292 e. The molecule has 0 amide bonds. The van der Waals surface area contributed by atoms with Gasteiger partial charge in [0.05, 0.1) is 5.69 Å². The van der Waals surface area contributed by atoms with Crippen molar-refractivity contribution in [2.24, 2.45) is 5.10 Å². The minimum atomic E-state index is -1.28. The van der Waals surface area contributed by atoms with E-state index in [2.05, 4.69) is 10.5 Å². The predicted octanol–water partition coefficient (Wildman–Crippen LogP) is 4.35. The lowest BCUT2D eigenvalue weighted by Gasteiger charge is -2.38. The Labute approximate surface area is 169 Å². The van der Waals surface area contributed by atoms with Crippen LogP contribution in [0.3, 0.4) is 0 Å². The molecule has 1 saturated carbocycles. The Balaban J connectivity index is 1.81. The zero-order valence-electron chi connectivity index (χ0n) is 16.6. The molecule has 1 aliphatic carbocycles. The zero-order chi connectivity index (χ0) is 20.6. The van der Waals surface area contributed by atoms with Crippen molar-refractivity contribution < 1.29 is 14.3 Å². The third kappa shape index (κ3) is 3.10. The van der Waals surface area contributed by atoms with Crippen LogP contribution >= 0.6 is 0 Å². The van der Waals surface area contributed by atoms with Crippen LogP contribution in [0.25, 0.3) is 0 Å². The molecule has 4 rings (SSSR count). The van der Waals surface area contributed by atoms with Gasteiger partial charge in [-0.15, -0.1) is 5.06 Å². The van der Waals surface area contributed by atoms with Crippen molar-refractivity contribution in [3.8, 4) is 0 Å². The van der Waals surface area contributed by atoms with Crippen molar-refractivity contribution in [2.45, 2.75) is 50.7 Å². The quantitative estimate of drug-likeness (QED) is 0.460. The van der Waals surface area contributed by atoms with Crippen molar-refractivity contribution in [1.82, 2.24) is 5.06 Å². The molecule has 6 nitrogen and oxygen atoms in total. The summed E-state index contributed by atoms with van der Waals surface area (Å²) >= 11 is 0. The summed E-state index contributed by atoms with van der Waals surface area (Å²) in [5.41, 5.74) is 3.15. The van der Waals surface area contributed by atoms with Crippen molar-refractivity contribution in [3.05, 3.63) is 71.2 Å². The number of hydrogen-bond acceptors (Lipinski definition) is 5. The maximum atomic E-state index is 13.7. The molecule has 29 heavy (non-hydrogen) atoms. The minimum absolute atomic E-state index is 0.370. The number of nitrogens with one attached hydrogen (secondary N) is 1. The third-order valence-electron chi connectivity index (χ3n) is 5.86. The van der Waals surface area contributed by atoms with E-state index in [-0.39, 0.29) is 5.82 Å². The lowest BCUT2D eigenvalue weighted by Crippen LogP contribution is -2.61. The Morgan fingerprint density at radius 1 is 1.10 bits per heavy atom. The third-order valence-corrected chi connectivity index (χ3v) is 5.86. The predicted molar refractivity (Wildman–Crippen MR) is 111 cm³/mol. The molecular weight excluding hydrogens is 371 g/mol. The normalized spacial score (nSPS) is 25.7. The monoisotopic (exact) mass is 396 g/mol. The first-order chi connectivity index (χ1) is 13.9. The highest BCUT2D eigenvalue weighted by Crippen LogP contribution is 2.42. The minimum Gasteiger partial charge on any atom is -0.622 e. The highest BCUT2D eigenvalue weighted by Gasteiger charge is 2.65. The van der Waals surface area contributed by atoms with Crippen LogP contribution in [0.2, 0.25) is 0 Å². The van der Waals surface area contributed by atoms with Crippen LogP contribution in [0.4, 0.5) is 10.1 Å². The first-order valence-corrected chi connectivity index (χ1v) is 9.85. The van der Waals surface area contributed by atoms with E-state index in [4.69, 9.17) is 0 Å². The molecule has 2 aromatic rings. The van der Waals surface area contributed by atoms with Crippen LogP contribution < -0.4 is 5.43 Å². The van der Waals surface area contributed by atoms with Gasteiger partial charge in [-0.2, -0.15) is 9.84 Å². The van der Waals surface area contributed by atoms with Crippen LogP contribution in [-0.4, -0.2) is 37.6 Å². The number of rotatable bonds is 3. The summed E-state index contributed by atoms with van der Waals surface area (Å²) in [4.78, 5) is 0. The molecule has 1 aliphatic heterocycles. The van der Waals surface area contributed by atoms with E-state index in [0.29, 0.717) is 29.8 Å². The molecule has 1 spiro atoms. The Morgan fingerprint density at radius 3 is 2.48 bits per heavy atom. The summed E-state index contributed by atoms with van der Waals surface area (Å²) in [5, 5.41) is 30.6. The molecule has 2 aliphatic rings. The van der Waals surface area contributed by atoms with Gasteiger partial charge in [-0.25, -0.2) is 4.39 Å². The van der Waals surface area contributed by atoms with Gasteiger partial charge in [0.2, 0.25) is 5.71 Å². The van der Waals surface area contributed by atoms with E-state index in [9.17, 15) is 14.8 Å². The Kier molecular flexibility index (Phi) is 4.88. The molecule has 0 aromatic heterocycles. The topological polar surface area (TPSA) is 73.9 Å². The van der Waals surface area contributed by atoms with E-state index in [1.807, 2.05) is 30.3 Å². The summed E-state index contributed by atoms with van der Waals surface area (Å²) in [6.07, 6.45) is 2.75. The average molecular weight is 396 g/mol. The van der Waals surface area contributed by atoms with Crippen LogP contribution in [0.5, 0.6) is 0 Å². The number of para-hydroxylation sites is 1. The summed E-state index contributed by atoms with van der Waals surface area (Å²) in [6, 6.07) is 15.3. The number of hydroxylamine groups is 3. The van der Waals surface area contributed by atoms with Gasteiger partial charge in [0.25, 0.3) is 5.66 Å². The van der Waals surface area contributed by atoms with Gasteiger partial charge < -0.3 is 10.4 Å². The fraction of sp³-hybridized carbons (Fsp3) is 0.364. The van der Waals surface area contributed by atoms with Crippen molar-refractivity contribution in [3.63, 3.8) is 0 Å². The number of halogens is 1. The summed E-state index contributed by atoms with van der Waals surface area (Å²) in [5.74, 6) is -0.370. The van der Waals surface area contributed by atoms with Gasteiger partial charge in [-0.05, 0) is 69.5 Å². The highest BCUT2D eigenvalue weighted by molar-refractivity contribution is 6.07. The van der Waals surface area contributed by atoms with Crippen LogP contribution in [0.15, 0.2) is 59.7 Å². The molecule has 1 heterocycles. The molecule has 7 heteroatoms. The highest BCUT2D eigenvalue weighted by atomic mass is 19.1. The second-order valence-electron chi connectivity index (χ2n) is 8.08. The number of benzene rings is 2. The summed E-state index contributed by atoms with van der Waals surface area (Å²) in [7, 11) is 0. The second kappa shape index (κ2) is 7.24. The van der Waals surface area contributed by atoms with Crippen molar-refractivity contribution in [2.75, 3.05) is 5.43 Å². The number of nitrogens with zero attached hydrogens (tertiary/aromatic N) is 3. The van der Waals surface area contributed by atoms with Crippen LogP contribution in [0.1, 0.15) is 45.1 Å². The van der Waals surface area contributed by atoms with Gasteiger partial charge in [-0.1, -0.05) is 18.2 Å². The van der Waals surface area contributed by atoms with E-state index >= 15 is 0 Å². The van der Waals surface area contributed by atoms with Gasteiger partial charge in [-0.3, -0.25) is 5.43 Å². The van der Waals surface area contributed by atoms with E-state index < -0.39 is 11.2 Å². The van der Waals surface area contributed by atoms with Crippen LogP contribution in [0, 0.1) is 11.0 Å². The lowest BCUT2D eigenvalue weighted by atomic mass is 9.86. The van der Waals surface area contributed by atoms with E-state index in [1.54, 1.807) is 26.0 Å². The Bertz CT molecular complexity index is 957. The maximum absolute atomic E-state index is 13.7. The van der Waals surface area contributed by atoms with Crippen molar-refractivity contribution in [1.29, 1.82) is 0 Å². The Morgan fingerprint density at radius 2 is 1.79 bits per heavy atom. The first kappa shape index (κ1) is 19.5. The molecule has 2 N–H and O–H groups in total. The van der Waals surface area contributed by atoms with Gasteiger partial charge >= 0.3 is 0 Å². The van der Waals surface area contributed by atoms with Crippen LogP contribution in [-0.2, 0) is 0 Å². The number of anilines is 1. The number of hydrazone groups is 1. The molecule has 0 radical (unpaired) electrons. The summed E-state index contributed by atoms with van der Waals surface area (Å²) < 4.78 is 14.3. The van der Waals surface area contributed by atoms with Gasteiger partial charge in [0.15, 0.2) is 0 Å². The van der Waals surface area contributed by atoms with Crippen molar-refractivity contribution >= 4 is 17.1 Å². The average Bonchev–Trinajstić information content (AvgIpc) is 2.87. The Hall–Kier alpha value is -2.77. The zero-order valence-corrected chi connectivity index (χ0v) is 16.6. The SMILES string of the molecule is CC1(C)C(c2ccc(F)cc2)=[N+]([O-])[C@@]2(CCCC/C2=N/Nc2ccccc2)N1O. The first-order valence-electron chi connectivity index (χ1n) is 9.85. The second-order valence-corrected chi connectivity index (χ2v) is 8.08. The van der Waals surface area contributed by atoms with E-state index in [0.717, 1.165) is 28.3 Å². The molecule has 0 unspecified atom stereocenters. The van der Waals surface area contributed by atoms with E-state index in [1.165, 1.54) is 12.1 Å². The molecule has 1 fully saturated rings. The fourth-order valence-corrected chi connectivity index (χ4v) is 4.41. The lowest BCUT2D eigenvalue weighted by molar-refractivity contribution is -0.568. The summed E-state index contributed by atoms with van der Waals surface area (Å²) in [6.45, 7) is 3.59. The number of hydrogen-bond donors (Lipinski definition) is 2. The molecule has 152 valence electrons. The standard InChI is InChI=1S/C22H25FN4O2/c1-21(2)20(16-11-13-17(23)14-12-16)26(28)22(27(21)29)15-7-6-10-19(22)25-24-18-8-4-3-5-9-18/h3-5,8-9,11-14,24,29H,6-7,10,15H2,1-2H3/b25-19-/t22-/m0/s1. The largest absolute Gasteiger partial charge is 0.622 e.